The number of nitrogens with one attached hydrogen (secondary N) is 1. The highest BCUT2D eigenvalue weighted by Crippen LogP contribution is 2.45. The fourth-order valence-corrected chi connectivity index (χ4v) is 15.6. The van der Waals surface area contributed by atoms with Crippen LogP contribution in [0, 0.1) is 0 Å². The van der Waals surface area contributed by atoms with Gasteiger partial charge in [0.1, 0.15) is 6.54 Å². The maximum Gasteiger partial charge on any atom is 0.416 e. The summed E-state index contributed by atoms with van der Waals surface area (Å²) in [5, 5.41) is 30.6. The summed E-state index contributed by atoms with van der Waals surface area (Å²) in [6, 6.07) is -2.32. The first-order valence-corrected chi connectivity index (χ1v) is 33.4. The molecule has 0 bridgehead atoms. The zero-order valence-electron chi connectivity index (χ0n) is 52.8. The average Bonchev–Trinajstić information content (AvgIpc) is 1.74. The molecular weight excluding hydrogens is 1490 g/mol. The second-order valence-corrected chi connectivity index (χ2v) is 29.8. The standard InChI is InChI=1S/C21H23F6N3O4S.C20H21F6N3O4S.C17H15F6N3O4S.3CH4/c1-19(2,18(31)34-4)30-17-7-5-6-16(15(17)11-28-30)29(3)35(32,33)14-9-12(20(22,23)24)8-13(10-14)21(25,26)27;1-18(2,17(30)31)29-16-6-4-5-15(14(16)10-27-29)28(3)34(32,33)13-8-11(19(21,22)23)7-12(9-13)20(24,25)26;18-16(19,20)9-4-10(17(21,22)23)6-11(5-9)31(29,30)25-13-2-1-3-14-12(13)7-24-26(14)8-15(27)28;;;/h8-11,16H,5-7H2,1-4H3;7-10,15H,4-6H2,1-3H3,(H,30,31);4-7,13,25H,1-3,8H2,(H,27,28);3*1H4/t16-;15-;13-;;;/m111.../s1. The Labute approximate surface area is 578 Å². The van der Waals surface area contributed by atoms with E-state index in [-0.39, 0.29) is 96.1 Å². The van der Waals surface area contributed by atoms with Crippen molar-refractivity contribution in [2.45, 2.75) is 195 Å². The minimum Gasteiger partial charge on any atom is -0.480 e. The van der Waals surface area contributed by atoms with E-state index < -0.39 is 169 Å². The number of rotatable bonds is 15. The molecule has 3 aliphatic carbocycles. The highest BCUT2D eigenvalue weighted by atomic mass is 32.2. The quantitative estimate of drug-likeness (QED) is 0.0637. The Bertz CT molecular complexity index is 4350. The van der Waals surface area contributed by atoms with E-state index in [0.717, 1.165) is 23.1 Å². The Balaban J connectivity index is 0.000000323. The number of aliphatic carboxylic acids is 2. The lowest BCUT2D eigenvalue weighted by Gasteiger charge is -2.32. The van der Waals surface area contributed by atoms with Crippen LogP contribution in [0.3, 0.4) is 0 Å². The smallest absolute Gasteiger partial charge is 0.416 e. The summed E-state index contributed by atoms with van der Waals surface area (Å²) in [6.07, 6.45) is -24.2. The molecule has 576 valence electrons. The number of carboxylic acids is 2. The van der Waals surface area contributed by atoms with Crippen LogP contribution in [0.1, 0.15) is 174 Å². The van der Waals surface area contributed by atoms with E-state index in [0.29, 0.717) is 76.6 Å². The van der Waals surface area contributed by atoms with Crippen molar-refractivity contribution in [1.29, 1.82) is 0 Å². The van der Waals surface area contributed by atoms with Gasteiger partial charge in [-0.3, -0.25) is 18.8 Å². The molecule has 42 heteroatoms. The van der Waals surface area contributed by atoms with Crippen LogP contribution in [0.2, 0.25) is 0 Å². The van der Waals surface area contributed by atoms with E-state index in [2.05, 4.69) is 20.0 Å². The van der Waals surface area contributed by atoms with Gasteiger partial charge in [-0.05, 0) is 140 Å². The predicted molar refractivity (Wildman–Crippen MR) is 329 cm³/mol. The molecule has 0 fully saturated rings. The summed E-state index contributed by atoms with van der Waals surface area (Å²) >= 11 is 0. The Morgan fingerprint density at radius 3 is 1.12 bits per heavy atom. The minimum absolute atomic E-state index is 0. The Kier molecular flexibility index (Phi) is 26.1. The second kappa shape index (κ2) is 30.7. The number of hydrogen-bond donors (Lipinski definition) is 3. The van der Waals surface area contributed by atoms with Crippen molar-refractivity contribution in [1.82, 2.24) is 42.7 Å². The van der Waals surface area contributed by atoms with Gasteiger partial charge in [-0.15, -0.1) is 0 Å². The van der Waals surface area contributed by atoms with Crippen LogP contribution in [0.5, 0.6) is 0 Å². The van der Waals surface area contributed by atoms with Crippen LogP contribution in [-0.4, -0.2) is 113 Å². The number of fused-ring (bicyclic) bond motifs is 3. The van der Waals surface area contributed by atoms with E-state index in [1.165, 1.54) is 48.9 Å². The topological polar surface area (TPSA) is 275 Å². The number of halogens is 18. The minimum atomic E-state index is -5.20. The molecule has 0 saturated carbocycles. The molecule has 3 aromatic carbocycles. The third-order valence-corrected chi connectivity index (χ3v) is 21.8. The summed E-state index contributed by atoms with van der Waals surface area (Å²) in [5.41, 5.74) is -10.7. The Hall–Kier alpha value is -7.83. The van der Waals surface area contributed by atoms with Crippen LogP contribution in [-0.2, 0) is 123 Å². The van der Waals surface area contributed by atoms with Gasteiger partial charge in [-0.1, -0.05) is 22.3 Å². The summed E-state index contributed by atoms with van der Waals surface area (Å²) in [7, 11) is -11.0. The monoisotopic (exact) mass is 1560 g/mol. The van der Waals surface area contributed by atoms with E-state index in [4.69, 9.17) is 9.84 Å². The molecule has 0 spiro atoms. The molecule has 3 aliphatic rings. The zero-order chi connectivity index (χ0) is 75.6. The first-order chi connectivity index (χ1) is 45.5. The lowest BCUT2D eigenvalue weighted by molar-refractivity contribution is -0.150. The number of ether oxygens (including phenoxy) is 1. The highest BCUT2D eigenvalue weighted by molar-refractivity contribution is 7.89. The molecule has 3 aromatic heterocycles. The fraction of sp³-hybridized carbons (Fsp3) is 0.508. The maximum absolute atomic E-state index is 13.3. The molecule has 3 atom stereocenters. The fourth-order valence-electron chi connectivity index (χ4n) is 11.4. The molecule has 3 N–H and O–H groups in total. The molecular formula is C61H71F18N9O12S3. The van der Waals surface area contributed by atoms with Crippen molar-refractivity contribution >= 4 is 48.0 Å². The van der Waals surface area contributed by atoms with Crippen LogP contribution in [0.4, 0.5) is 79.0 Å². The number of alkyl halides is 18. The molecule has 0 amide bonds. The SMILES string of the molecule is C.C.C.CN([C@@H]1CCCc2c1cnn2C(C)(C)C(=O)O)S(=O)(=O)c1cc(C(F)(F)F)cc(C(F)(F)F)c1.COC(=O)C(C)(C)n1ncc2c1CCC[C@H]2N(C)S(=O)(=O)c1cc(C(F)(F)F)cc(C(F)(F)F)c1.O=C(O)Cn1ncc2c1CCC[C@H]2NS(=O)(=O)c1cc(C(F)(F)F)cc(C(F)(F)F)c1. The number of aromatic nitrogens is 6. The lowest BCUT2D eigenvalue weighted by Crippen LogP contribution is -2.40. The number of esters is 1. The number of nitrogens with zero attached hydrogens (tertiary/aromatic N) is 8. The van der Waals surface area contributed by atoms with Gasteiger partial charge >= 0.3 is 55.0 Å². The van der Waals surface area contributed by atoms with Gasteiger partial charge in [0.15, 0.2) is 11.1 Å². The summed E-state index contributed by atoms with van der Waals surface area (Å²) < 4.78 is 328. The summed E-state index contributed by atoms with van der Waals surface area (Å²) in [4.78, 5) is 31.3. The van der Waals surface area contributed by atoms with Gasteiger partial charge in [-0.25, -0.2) is 39.6 Å². The second-order valence-electron chi connectivity index (χ2n) is 24.1. The summed E-state index contributed by atoms with van der Waals surface area (Å²) in [6.45, 7) is 5.42. The van der Waals surface area contributed by atoms with E-state index >= 15 is 0 Å². The maximum atomic E-state index is 13.3. The normalized spacial score (nSPS) is 17.0. The van der Waals surface area contributed by atoms with E-state index in [1.54, 1.807) is 13.8 Å². The molecule has 0 saturated heterocycles. The Morgan fingerprint density at radius 1 is 0.485 bits per heavy atom. The Morgan fingerprint density at radius 2 is 0.796 bits per heavy atom. The van der Waals surface area contributed by atoms with Crippen LogP contribution >= 0.6 is 0 Å². The van der Waals surface area contributed by atoms with Crippen molar-refractivity contribution in [2.75, 3.05) is 21.2 Å². The average molecular weight is 1560 g/mol. The molecule has 0 radical (unpaired) electrons. The lowest BCUT2D eigenvalue weighted by atomic mass is 9.92. The molecule has 9 rings (SSSR count). The number of hydrogen-bond acceptors (Lipinski definition) is 13. The molecule has 21 nitrogen and oxygen atoms in total. The first-order valence-electron chi connectivity index (χ1n) is 29.1. The van der Waals surface area contributed by atoms with Gasteiger partial charge in [0.05, 0.1) is 91.9 Å². The molecule has 103 heavy (non-hydrogen) atoms. The van der Waals surface area contributed by atoms with Crippen molar-refractivity contribution < 1.29 is 134 Å². The van der Waals surface area contributed by atoms with Crippen LogP contribution in [0.25, 0.3) is 0 Å². The molecule has 0 aliphatic heterocycles. The van der Waals surface area contributed by atoms with Crippen molar-refractivity contribution in [3.05, 3.63) is 140 Å². The predicted octanol–water partition coefficient (Wildman–Crippen LogP) is 14.2. The van der Waals surface area contributed by atoms with E-state index in [1.807, 2.05) is 0 Å². The zero-order valence-corrected chi connectivity index (χ0v) is 55.3. The van der Waals surface area contributed by atoms with Gasteiger partial charge in [-0.2, -0.15) is 103 Å². The number of carboxylic acid groups (broad SMARTS) is 2. The van der Waals surface area contributed by atoms with Crippen molar-refractivity contribution in [3.63, 3.8) is 0 Å². The van der Waals surface area contributed by atoms with Crippen molar-refractivity contribution in [3.8, 4) is 0 Å². The molecule has 0 unspecified atom stereocenters. The van der Waals surface area contributed by atoms with E-state index in [9.17, 15) is 124 Å². The third kappa shape index (κ3) is 18.8. The number of methoxy groups -OCH3 is 1. The largest absolute Gasteiger partial charge is 0.480 e. The number of carbonyl (C=O) groups excluding carboxylic acids is 1. The third-order valence-electron chi connectivity index (χ3n) is 16.6. The van der Waals surface area contributed by atoms with Gasteiger partial charge in [0, 0.05) is 47.9 Å². The van der Waals surface area contributed by atoms with Crippen LogP contribution < -0.4 is 4.72 Å². The van der Waals surface area contributed by atoms with Gasteiger partial charge in [0.2, 0.25) is 30.1 Å². The van der Waals surface area contributed by atoms with Crippen molar-refractivity contribution in [2.24, 2.45) is 0 Å². The number of sulfonamides is 3. The van der Waals surface area contributed by atoms with Gasteiger partial charge in [0.25, 0.3) is 0 Å². The number of benzene rings is 3. The molecule has 3 heterocycles. The highest BCUT2D eigenvalue weighted by Gasteiger charge is 2.46. The van der Waals surface area contributed by atoms with Crippen LogP contribution in [0.15, 0.2) is 87.9 Å². The number of carbonyl (C=O) groups is 3. The first kappa shape index (κ1) is 87.6. The molecule has 6 aromatic rings. The summed E-state index contributed by atoms with van der Waals surface area (Å²) in [5.74, 6) is -2.97. The van der Waals surface area contributed by atoms with Gasteiger partial charge < -0.3 is 14.9 Å².